The maximum atomic E-state index is 14.5. The summed E-state index contributed by atoms with van der Waals surface area (Å²) in [5.74, 6) is 0.798. The molecule has 0 radical (unpaired) electrons. The summed E-state index contributed by atoms with van der Waals surface area (Å²) < 4.78 is 22.1. The van der Waals surface area contributed by atoms with Crippen LogP contribution in [-0.2, 0) is 0 Å². The van der Waals surface area contributed by atoms with Gasteiger partial charge in [0.2, 0.25) is 0 Å². The van der Waals surface area contributed by atoms with Crippen molar-refractivity contribution < 1.29 is 9.13 Å². The van der Waals surface area contributed by atoms with Crippen LogP contribution >= 0.6 is 11.6 Å². The van der Waals surface area contributed by atoms with Gasteiger partial charge >= 0.3 is 0 Å². The fourth-order valence-electron chi connectivity index (χ4n) is 3.11. The Hall–Kier alpha value is -3.78. The van der Waals surface area contributed by atoms with E-state index in [1.807, 2.05) is 19.1 Å². The van der Waals surface area contributed by atoms with Crippen molar-refractivity contribution in [2.24, 2.45) is 0 Å². The van der Waals surface area contributed by atoms with E-state index in [0.29, 0.717) is 33.9 Å². The van der Waals surface area contributed by atoms with Crippen LogP contribution in [-0.4, -0.2) is 24.6 Å². The molecular formula is C21H14ClFN6O. The first-order chi connectivity index (χ1) is 14.6. The van der Waals surface area contributed by atoms with Crippen LogP contribution in [0.5, 0.6) is 11.5 Å². The molecule has 7 nitrogen and oxygen atoms in total. The Morgan fingerprint density at radius 2 is 2.00 bits per heavy atom. The Morgan fingerprint density at radius 1 is 1.10 bits per heavy atom. The number of ether oxygens (including phenoxy) is 1. The molecule has 0 amide bonds. The van der Waals surface area contributed by atoms with Crippen LogP contribution in [0.3, 0.4) is 0 Å². The van der Waals surface area contributed by atoms with Gasteiger partial charge in [0.15, 0.2) is 11.5 Å². The van der Waals surface area contributed by atoms with Crippen molar-refractivity contribution >= 4 is 39.7 Å². The summed E-state index contributed by atoms with van der Waals surface area (Å²) in [6, 6.07) is 12.4. The minimum absolute atomic E-state index is 0.216. The largest absolute Gasteiger partial charge is 0.457 e. The highest BCUT2D eigenvalue weighted by molar-refractivity contribution is 6.29. The van der Waals surface area contributed by atoms with Crippen molar-refractivity contribution in [3.8, 4) is 11.5 Å². The van der Waals surface area contributed by atoms with E-state index in [-0.39, 0.29) is 10.8 Å². The molecule has 30 heavy (non-hydrogen) atoms. The van der Waals surface area contributed by atoms with Gasteiger partial charge in [-0.05, 0) is 48.9 Å². The van der Waals surface area contributed by atoms with Gasteiger partial charge in [-0.3, -0.25) is 4.98 Å². The van der Waals surface area contributed by atoms with E-state index in [2.05, 4.69) is 25.4 Å². The Bertz CT molecular complexity index is 1400. The first-order valence-corrected chi connectivity index (χ1v) is 9.40. The van der Waals surface area contributed by atoms with E-state index in [1.54, 1.807) is 41.0 Å². The van der Waals surface area contributed by atoms with Gasteiger partial charge in [0.1, 0.15) is 34.2 Å². The molecule has 0 unspecified atom stereocenters. The molecule has 0 saturated heterocycles. The third kappa shape index (κ3) is 3.37. The van der Waals surface area contributed by atoms with Gasteiger partial charge in [0.25, 0.3) is 0 Å². The molecule has 9 heteroatoms. The lowest BCUT2D eigenvalue weighted by Crippen LogP contribution is -1.99. The van der Waals surface area contributed by atoms with Crippen molar-refractivity contribution in [1.29, 1.82) is 0 Å². The molecule has 0 atom stereocenters. The minimum Gasteiger partial charge on any atom is -0.457 e. The zero-order chi connectivity index (χ0) is 20.7. The molecule has 0 fully saturated rings. The Morgan fingerprint density at radius 3 is 2.87 bits per heavy atom. The first kappa shape index (κ1) is 18.3. The predicted molar refractivity (Wildman–Crippen MR) is 112 cm³/mol. The Kier molecular flexibility index (Phi) is 4.40. The molecule has 1 N–H and O–H groups in total. The van der Waals surface area contributed by atoms with Gasteiger partial charge in [-0.25, -0.2) is 18.9 Å². The Balaban J connectivity index is 1.44. The van der Waals surface area contributed by atoms with E-state index in [0.717, 1.165) is 11.8 Å². The highest BCUT2D eigenvalue weighted by Gasteiger charge is 2.12. The van der Waals surface area contributed by atoms with Crippen molar-refractivity contribution in [2.75, 3.05) is 5.32 Å². The van der Waals surface area contributed by atoms with E-state index in [9.17, 15) is 4.39 Å². The van der Waals surface area contributed by atoms with Gasteiger partial charge in [-0.1, -0.05) is 11.6 Å². The number of rotatable bonds is 4. The second-order valence-corrected chi connectivity index (χ2v) is 7.00. The average Bonchev–Trinajstić information content (AvgIpc) is 3.20. The summed E-state index contributed by atoms with van der Waals surface area (Å²) in [4.78, 5) is 12.4. The van der Waals surface area contributed by atoms with E-state index in [1.165, 1.54) is 6.33 Å². The summed E-state index contributed by atoms with van der Waals surface area (Å²) in [7, 11) is 0. The lowest BCUT2D eigenvalue weighted by atomic mass is 10.2. The lowest BCUT2D eigenvalue weighted by Gasteiger charge is -2.13. The number of anilines is 2. The Labute approximate surface area is 175 Å². The molecule has 0 aliphatic carbocycles. The number of nitrogens with one attached hydrogen (secondary N) is 1. The van der Waals surface area contributed by atoms with Crippen LogP contribution in [0, 0.1) is 12.7 Å². The van der Waals surface area contributed by atoms with E-state index >= 15 is 0 Å². The summed E-state index contributed by atoms with van der Waals surface area (Å²) in [5.41, 5.74) is 3.36. The van der Waals surface area contributed by atoms with Gasteiger partial charge in [-0.2, -0.15) is 5.10 Å². The summed E-state index contributed by atoms with van der Waals surface area (Å²) >= 11 is 5.98. The molecule has 0 aliphatic rings. The molecule has 5 rings (SSSR count). The van der Waals surface area contributed by atoms with Crippen LogP contribution in [0.4, 0.5) is 15.8 Å². The second kappa shape index (κ2) is 7.23. The van der Waals surface area contributed by atoms with E-state index < -0.39 is 5.82 Å². The number of nitrogens with zero attached hydrogens (tertiary/aromatic N) is 5. The maximum Gasteiger partial charge on any atom is 0.167 e. The van der Waals surface area contributed by atoms with Crippen molar-refractivity contribution in [3.05, 3.63) is 77.7 Å². The zero-order valence-electron chi connectivity index (χ0n) is 15.7. The third-order valence-corrected chi connectivity index (χ3v) is 4.77. The smallest absolute Gasteiger partial charge is 0.167 e. The van der Waals surface area contributed by atoms with Gasteiger partial charge in [0.05, 0.1) is 11.7 Å². The minimum atomic E-state index is -0.517. The van der Waals surface area contributed by atoms with Crippen LogP contribution in [0.15, 0.2) is 61.2 Å². The first-order valence-electron chi connectivity index (χ1n) is 9.02. The number of hydrogen-bond acceptors (Lipinski definition) is 6. The molecule has 4 aromatic heterocycles. The predicted octanol–water partition coefficient (Wildman–Crippen LogP) is 5.31. The molecule has 0 saturated carbocycles. The molecule has 5 aromatic rings. The number of aryl methyl sites for hydroxylation is 1. The zero-order valence-corrected chi connectivity index (χ0v) is 16.4. The summed E-state index contributed by atoms with van der Waals surface area (Å²) in [5, 5.41) is 7.41. The maximum absolute atomic E-state index is 14.5. The van der Waals surface area contributed by atoms with Crippen LogP contribution in [0.1, 0.15) is 5.56 Å². The fraction of sp³-hybridized carbons (Fsp3) is 0.0476. The van der Waals surface area contributed by atoms with Crippen molar-refractivity contribution in [3.63, 3.8) is 0 Å². The van der Waals surface area contributed by atoms with Gasteiger partial charge in [-0.15, -0.1) is 0 Å². The number of aromatic nitrogens is 5. The normalized spacial score (nSPS) is 11.2. The highest BCUT2D eigenvalue weighted by Crippen LogP contribution is 2.31. The number of benzene rings is 1. The molecule has 0 bridgehead atoms. The van der Waals surface area contributed by atoms with Crippen LogP contribution in [0.25, 0.3) is 16.7 Å². The monoisotopic (exact) mass is 420 g/mol. The van der Waals surface area contributed by atoms with Crippen molar-refractivity contribution in [2.45, 2.75) is 6.92 Å². The van der Waals surface area contributed by atoms with Crippen LogP contribution < -0.4 is 10.1 Å². The molecule has 4 heterocycles. The lowest BCUT2D eigenvalue weighted by molar-refractivity contribution is 0.478. The van der Waals surface area contributed by atoms with Gasteiger partial charge < -0.3 is 10.1 Å². The highest BCUT2D eigenvalue weighted by atomic mass is 35.5. The standard InChI is InChI=1S/C21H14ClFN6O/c1-12-8-13(27-20-15(23)10-24-16-3-5-18(22)28-21(16)20)2-4-17(12)30-14-6-7-29-19(9-14)25-11-26-29/h2-11H,1H3,(H,24,27). The molecule has 0 spiro atoms. The molecule has 0 aliphatic heterocycles. The SMILES string of the molecule is Cc1cc(Nc2c(F)cnc3ccc(Cl)nc23)ccc1Oc1ccn2ncnc2c1. The fourth-order valence-corrected chi connectivity index (χ4v) is 3.26. The summed E-state index contributed by atoms with van der Waals surface area (Å²) in [6.07, 6.45) is 4.42. The molecular weight excluding hydrogens is 407 g/mol. The summed E-state index contributed by atoms with van der Waals surface area (Å²) in [6.45, 7) is 1.91. The molecule has 148 valence electrons. The van der Waals surface area contributed by atoms with Gasteiger partial charge in [0, 0.05) is 18.0 Å². The van der Waals surface area contributed by atoms with Crippen LogP contribution in [0.2, 0.25) is 5.15 Å². The number of hydrogen-bond donors (Lipinski definition) is 1. The number of pyridine rings is 3. The van der Waals surface area contributed by atoms with E-state index in [4.69, 9.17) is 16.3 Å². The number of fused-ring (bicyclic) bond motifs is 2. The second-order valence-electron chi connectivity index (χ2n) is 6.62. The number of halogens is 2. The quantitative estimate of drug-likeness (QED) is 0.397. The third-order valence-electron chi connectivity index (χ3n) is 4.56. The average molecular weight is 421 g/mol. The topological polar surface area (TPSA) is 77.2 Å². The molecule has 1 aromatic carbocycles. The van der Waals surface area contributed by atoms with Crippen molar-refractivity contribution in [1.82, 2.24) is 24.6 Å².